The SMILES string of the molecule is COc1ccccc1/C=C/C(=O)Nc1cnn(CC2CCCO2)c1. The average molecular weight is 327 g/mol. The lowest BCUT2D eigenvalue weighted by atomic mass is 10.2. The highest BCUT2D eigenvalue weighted by Crippen LogP contribution is 2.19. The molecule has 1 aromatic carbocycles. The van der Waals surface area contributed by atoms with Gasteiger partial charge >= 0.3 is 0 Å². The van der Waals surface area contributed by atoms with Crippen molar-refractivity contribution in [2.24, 2.45) is 0 Å². The maximum Gasteiger partial charge on any atom is 0.248 e. The Morgan fingerprint density at radius 3 is 3.17 bits per heavy atom. The highest BCUT2D eigenvalue weighted by molar-refractivity contribution is 6.01. The number of hydrogen-bond donors (Lipinski definition) is 1. The zero-order chi connectivity index (χ0) is 16.8. The summed E-state index contributed by atoms with van der Waals surface area (Å²) in [6.07, 6.45) is 9.05. The zero-order valence-electron chi connectivity index (χ0n) is 13.6. The van der Waals surface area contributed by atoms with Crippen LogP contribution in [0.15, 0.2) is 42.7 Å². The highest BCUT2D eigenvalue weighted by Gasteiger charge is 2.16. The van der Waals surface area contributed by atoms with E-state index in [4.69, 9.17) is 9.47 Å². The van der Waals surface area contributed by atoms with Gasteiger partial charge in [0.2, 0.25) is 5.91 Å². The zero-order valence-corrected chi connectivity index (χ0v) is 13.6. The molecular formula is C18H21N3O3. The molecule has 1 aliphatic rings. The second-order valence-electron chi connectivity index (χ2n) is 5.65. The molecular weight excluding hydrogens is 306 g/mol. The monoisotopic (exact) mass is 327 g/mol. The van der Waals surface area contributed by atoms with Crippen molar-refractivity contribution in [2.75, 3.05) is 19.0 Å². The van der Waals surface area contributed by atoms with Gasteiger partial charge < -0.3 is 14.8 Å². The van der Waals surface area contributed by atoms with Crippen molar-refractivity contribution in [1.82, 2.24) is 9.78 Å². The summed E-state index contributed by atoms with van der Waals surface area (Å²) >= 11 is 0. The number of anilines is 1. The molecule has 0 aliphatic carbocycles. The van der Waals surface area contributed by atoms with Crippen LogP contribution < -0.4 is 10.1 Å². The Balaban J connectivity index is 1.56. The fourth-order valence-corrected chi connectivity index (χ4v) is 2.68. The number of methoxy groups -OCH3 is 1. The van der Waals surface area contributed by atoms with Crippen LogP contribution >= 0.6 is 0 Å². The quantitative estimate of drug-likeness (QED) is 0.829. The standard InChI is InChI=1S/C18H21N3O3/c1-23-17-7-3-2-5-14(17)8-9-18(22)20-15-11-19-21(12-15)13-16-6-4-10-24-16/h2-3,5,7-9,11-12,16H,4,6,10,13H2,1H3,(H,20,22)/b9-8+. The maximum absolute atomic E-state index is 12.0. The molecule has 1 fully saturated rings. The lowest BCUT2D eigenvalue weighted by Crippen LogP contribution is -2.15. The van der Waals surface area contributed by atoms with E-state index in [0.29, 0.717) is 12.2 Å². The molecule has 2 heterocycles. The van der Waals surface area contributed by atoms with Gasteiger partial charge in [0.15, 0.2) is 0 Å². The maximum atomic E-state index is 12.0. The van der Waals surface area contributed by atoms with Gasteiger partial charge in [0.05, 0.1) is 31.6 Å². The number of ether oxygens (including phenoxy) is 2. The van der Waals surface area contributed by atoms with Crippen LogP contribution in [-0.2, 0) is 16.1 Å². The summed E-state index contributed by atoms with van der Waals surface area (Å²) in [4.78, 5) is 12.0. The predicted octanol–water partition coefficient (Wildman–Crippen LogP) is 2.72. The first-order valence-corrected chi connectivity index (χ1v) is 8.01. The summed E-state index contributed by atoms with van der Waals surface area (Å²) in [6, 6.07) is 7.53. The molecule has 1 atom stereocenters. The van der Waals surface area contributed by atoms with E-state index in [1.54, 1.807) is 24.1 Å². The molecule has 1 aliphatic heterocycles. The van der Waals surface area contributed by atoms with Gasteiger partial charge in [-0.15, -0.1) is 0 Å². The van der Waals surface area contributed by atoms with Crippen LogP contribution in [0.4, 0.5) is 5.69 Å². The predicted molar refractivity (Wildman–Crippen MR) is 91.9 cm³/mol. The minimum absolute atomic E-state index is 0.211. The van der Waals surface area contributed by atoms with Crippen LogP contribution in [0.1, 0.15) is 18.4 Å². The average Bonchev–Trinajstić information content (AvgIpc) is 3.26. The Morgan fingerprint density at radius 1 is 1.50 bits per heavy atom. The number of amides is 1. The molecule has 3 rings (SSSR count). The summed E-state index contributed by atoms with van der Waals surface area (Å²) in [5.74, 6) is 0.517. The first-order chi connectivity index (χ1) is 11.7. The lowest BCUT2D eigenvalue weighted by Gasteiger charge is -2.08. The van der Waals surface area contributed by atoms with E-state index in [0.717, 1.165) is 30.8 Å². The number of nitrogens with zero attached hydrogens (tertiary/aromatic N) is 2. The van der Waals surface area contributed by atoms with Crippen molar-refractivity contribution in [1.29, 1.82) is 0 Å². The largest absolute Gasteiger partial charge is 0.496 e. The van der Waals surface area contributed by atoms with Crippen molar-refractivity contribution in [3.05, 3.63) is 48.3 Å². The van der Waals surface area contributed by atoms with Crippen molar-refractivity contribution in [3.8, 4) is 5.75 Å². The summed E-state index contributed by atoms with van der Waals surface area (Å²) < 4.78 is 12.6. The summed E-state index contributed by atoms with van der Waals surface area (Å²) in [5, 5.41) is 7.06. The van der Waals surface area contributed by atoms with Gasteiger partial charge in [0.1, 0.15) is 5.75 Å². The number of benzene rings is 1. The van der Waals surface area contributed by atoms with E-state index in [-0.39, 0.29) is 12.0 Å². The number of carbonyl (C=O) groups excluding carboxylic acids is 1. The molecule has 0 bridgehead atoms. The lowest BCUT2D eigenvalue weighted by molar-refractivity contribution is -0.111. The van der Waals surface area contributed by atoms with E-state index in [1.165, 1.54) is 6.08 Å². The van der Waals surface area contributed by atoms with E-state index in [9.17, 15) is 4.79 Å². The van der Waals surface area contributed by atoms with Gasteiger partial charge in [-0.05, 0) is 25.0 Å². The fraction of sp³-hybridized carbons (Fsp3) is 0.333. The summed E-state index contributed by atoms with van der Waals surface area (Å²) in [7, 11) is 1.61. The van der Waals surface area contributed by atoms with Gasteiger partial charge in [-0.2, -0.15) is 5.10 Å². The van der Waals surface area contributed by atoms with Crippen LogP contribution in [0.2, 0.25) is 0 Å². The third kappa shape index (κ3) is 4.23. The molecule has 1 amide bonds. The number of carbonyl (C=O) groups is 1. The molecule has 6 nitrogen and oxygen atoms in total. The van der Waals surface area contributed by atoms with E-state index in [2.05, 4.69) is 10.4 Å². The number of para-hydroxylation sites is 1. The minimum Gasteiger partial charge on any atom is -0.496 e. The van der Waals surface area contributed by atoms with Gasteiger partial charge in [-0.3, -0.25) is 9.48 Å². The van der Waals surface area contributed by atoms with Gasteiger partial charge in [0.25, 0.3) is 0 Å². The van der Waals surface area contributed by atoms with E-state index >= 15 is 0 Å². The molecule has 6 heteroatoms. The van der Waals surface area contributed by atoms with Crippen LogP contribution in [0.5, 0.6) is 5.75 Å². The molecule has 1 aromatic heterocycles. The molecule has 0 radical (unpaired) electrons. The first-order valence-electron chi connectivity index (χ1n) is 8.01. The van der Waals surface area contributed by atoms with Gasteiger partial charge in [0, 0.05) is 24.4 Å². The Hall–Kier alpha value is -2.60. The normalized spacial score (nSPS) is 17.3. The Labute approximate surface area is 141 Å². The fourth-order valence-electron chi connectivity index (χ4n) is 2.68. The van der Waals surface area contributed by atoms with Crippen LogP contribution in [0, 0.1) is 0 Å². The van der Waals surface area contributed by atoms with Crippen molar-refractivity contribution < 1.29 is 14.3 Å². The molecule has 1 N–H and O–H groups in total. The molecule has 0 spiro atoms. The van der Waals surface area contributed by atoms with E-state index in [1.807, 2.05) is 30.5 Å². The second kappa shape index (κ2) is 7.79. The Bertz CT molecular complexity index is 718. The third-order valence-electron chi connectivity index (χ3n) is 3.87. The minimum atomic E-state index is -0.211. The molecule has 126 valence electrons. The number of nitrogens with one attached hydrogen (secondary N) is 1. The molecule has 0 saturated carbocycles. The van der Waals surface area contributed by atoms with Gasteiger partial charge in [-0.1, -0.05) is 18.2 Å². The van der Waals surface area contributed by atoms with Crippen molar-refractivity contribution in [2.45, 2.75) is 25.5 Å². The van der Waals surface area contributed by atoms with Crippen molar-refractivity contribution in [3.63, 3.8) is 0 Å². The van der Waals surface area contributed by atoms with Crippen LogP contribution in [0.3, 0.4) is 0 Å². The second-order valence-corrected chi connectivity index (χ2v) is 5.65. The van der Waals surface area contributed by atoms with E-state index < -0.39 is 0 Å². The first kappa shape index (κ1) is 16.3. The molecule has 24 heavy (non-hydrogen) atoms. The summed E-state index contributed by atoms with van der Waals surface area (Å²) in [5.41, 5.74) is 1.52. The molecule has 1 unspecified atom stereocenters. The van der Waals surface area contributed by atoms with Crippen LogP contribution in [0.25, 0.3) is 6.08 Å². The summed E-state index contributed by atoms with van der Waals surface area (Å²) in [6.45, 7) is 1.54. The Kier molecular flexibility index (Phi) is 5.28. The smallest absolute Gasteiger partial charge is 0.248 e. The molecule has 2 aromatic rings. The van der Waals surface area contributed by atoms with Crippen molar-refractivity contribution >= 4 is 17.7 Å². The number of aromatic nitrogens is 2. The Morgan fingerprint density at radius 2 is 2.38 bits per heavy atom. The topological polar surface area (TPSA) is 65.4 Å². The third-order valence-corrected chi connectivity index (χ3v) is 3.87. The number of rotatable bonds is 6. The molecule has 1 saturated heterocycles. The number of hydrogen-bond acceptors (Lipinski definition) is 4. The van der Waals surface area contributed by atoms with Gasteiger partial charge in [-0.25, -0.2) is 0 Å². The van der Waals surface area contributed by atoms with Crippen LogP contribution in [-0.4, -0.2) is 35.5 Å². The highest BCUT2D eigenvalue weighted by atomic mass is 16.5.